The molecule has 3 fully saturated rings. The first-order valence-electron chi connectivity index (χ1n) is 8.42. The second-order valence-electron chi connectivity index (χ2n) is 7.01. The Balaban J connectivity index is 1.73. The highest BCUT2D eigenvalue weighted by atomic mass is 16.2. The van der Waals surface area contributed by atoms with E-state index in [1.807, 2.05) is 0 Å². The van der Waals surface area contributed by atoms with Crippen molar-refractivity contribution >= 4 is 5.91 Å². The summed E-state index contributed by atoms with van der Waals surface area (Å²) in [6.45, 7) is 9.54. The fourth-order valence-electron chi connectivity index (χ4n) is 4.32. The maximum absolute atomic E-state index is 13.1. The number of carbonyl (C=O) groups is 1. The van der Waals surface area contributed by atoms with E-state index in [9.17, 15) is 4.79 Å². The van der Waals surface area contributed by atoms with Gasteiger partial charge in [0.25, 0.3) is 0 Å². The van der Waals surface area contributed by atoms with Gasteiger partial charge in [-0.1, -0.05) is 13.3 Å². The SMILES string of the molecule is CCC1(C(=O)N2CC3CCCCN3CC2C)CCNC1. The Labute approximate surface area is 122 Å². The molecule has 0 spiro atoms. The van der Waals surface area contributed by atoms with Crippen molar-refractivity contribution in [2.45, 2.75) is 58.0 Å². The largest absolute Gasteiger partial charge is 0.337 e. The van der Waals surface area contributed by atoms with Crippen molar-refractivity contribution in [1.29, 1.82) is 0 Å². The fraction of sp³-hybridized carbons (Fsp3) is 0.938. The van der Waals surface area contributed by atoms with E-state index in [-0.39, 0.29) is 5.41 Å². The maximum Gasteiger partial charge on any atom is 0.230 e. The van der Waals surface area contributed by atoms with Crippen LogP contribution in [0.25, 0.3) is 0 Å². The van der Waals surface area contributed by atoms with Gasteiger partial charge in [0.1, 0.15) is 0 Å². The molecule has 0 bridgehead atoms. The Bertz CT molecular complexity index is 365. The van der Waals surface area contributed by atoms with Crippen molar-refractivity contribution in [3.8, 4) is 0 Å². The number of nitrogens with one attached hydrogen (secondary N) is 1. The molecule has 0 aliphatic carbocycles. The zero-order chi connectivity index (χ0) is 14.2. The van der Waals surface area contributed by atoms with Crippen molar-refractivity contribution in [3.63, 3.8) is 0 Å². The maximum atomic E-state index is 13.1. The lowest BCUT2D eigenvalue weighted by atomic mass is 9.81. The Kier molecular flexibility index (Phi) is 4.04. The number of rotatable bonds is 2. The van der Waals surface area contributed by atoms with Crippen LogP contribution in [-0.2, 0) is 4.79 Å². The van der Waals surface area contributed by atoms with Gasteiger partial charge in [-0.05, 0) is 45.7 Å². The van der Waals surface area contributed by atoms with Gasteiger partial charge >= 0.3 is 0 Å². The van der Waals surface area contributed by atoms with E-state index in [4.69, 9.17) is 0 Å². The molecule has 3 heterocycles. The first-order valence-corrected chi connectivity index (χ1v) is 8.42. The number of nitrogens with zero attached hydrogens (tertiary/aromatic N) is 2. The molecule has 0 saturated carbocycles. The summed E-state index contributed by atoms with van der Waals surface area (Å²) in [6, 6.07) is 0.994. The molecule has 20 heavy (non-hydrogen) atoms. The van der Waals surface area contributed by atoms with E-state index in [1.54, 1.807) is 0 Å². The van der Waals surface area contributed by atoms with Crippen LogP contribution < -0.4 is 5.32 Å². The van der Waals surface area contributed by atoms with Gasteiger partial charge in [-0.3, -0.25) is 9.69 Å². The highest BCUT2D eigenvalue weighted by Gasteiger charge is 2.45. The molecule has 3 rings (SSSR count). The number of hydrogen-bond donors (Lipinski definition) is 1. The van der Waals surface area contributed by atoms with Crippen LogP contribution in [0.1, 0.15) is 46.0 Å². The molecule has 0 aromatic carbocycles. The quantitative estimate of drug-likeness (QED) is 0.831. The minimum Gasteiger partial charge on any atom is -0.337 e. The van der Waals surface area contributed by atoms with Gasteiger partial charge in [0.05, 0.1) is 5.41 Å². The summed E-state index contributed by atoms with van der Waals surface area (Å²) in [5.74, 6) is 0.419. The van der Waals surface area contributed by atoms with Gasteiger partial charge in [0, 0.05) is 31.7 Å². The van der Waals surface area contributed by atoms with Crippen LogP contribution in [0.3, 0.4) is 0 Å². The van der Waals surface area contributed by atoms with E-state index in [0.717, 1.165) is 39.0 Å². The molecule has 3 atom stereocenters. The van der Waals surface area contributed by atoms with Crippen LogP contribution in [0.4, 0.5) is 0 Å². The number of amides is 1. The number of carbonyl (C=O) groups excluding carboxylic acids is 1. The average molecular weight is 279 g/mol. The molecule has 0 aromatic heterocycles. The van der Waals surface area contributed by atoms with Crippen LogP contribution in [0.2, 0.25) is 0 Å². The lowest BCUT2D eigenvalue weighted by Gasteiger charge is -2.49. The summed E-state index contributed by atoms with van der Waals surface area (Å²) < 4.78 is 0. The molecular formula is C16H29N3O. The molecule has 3 aliphatic rings. The second-order valence-corrected chi connectivity index (χ2v) is 7.01. The third-order valence-electron chi connectivity index (χ3n) is 5.82. The first-order chi connectivity index (χ1) is 9.66. The number of piperidine rings is 1. The van der Waals surface area contributed by atoms with Crippen LogP contribution in [0, 0.1) is 5.41 Å². The van der Waals surface area contributed by atoms with Gasteiger partial charge in [-0.25, -0.2) is 0 Å². The summed E-state index contributed by atoms with van der Waals surface area (Å²) in [7, 11) is 0. The smallest absolute Gasteiger partial charge is 0.230 e. The van der Waals surface area contributed by atoms with Gasteiger partial charge in [-0.15, -0.1) is 0 Å². The molecular weight excluding hydrogens is 250 g/mol. The van der Waals surface area contributed by atoms with Gasteiger partial charge < -0.3 is 10.2 Å². The Morgan fingerprint density at radius 2 is 2.20 bits per heavy atom. The zero-order valence-corrected chi connectivity index (χ0v) is 13.0. The number of fused-ring (bicyclic) bond motifs is 1. The van der Waals surface area contributed by atoms with E-state index in [2.05, 4.69) is 29.0 Å². The highest BCUT2D eigenvalue weighted by molar-refractivity contribution is 5.84. The average Bonchev–Trinajstić information content (AvgIpc) is 2.96. The Morgan fingerprint density at radius 1 is 1.35 bits per heavy atom. The lowest BCUT2D eigenvalue weighted by Crippen LogP contribution is -2.62. The molecule has 1 amide bonds. The van der Waals surface area contributed by atoms with Crippen molar-refractivity contribution in [2.24, 2.45) is 5.41 Å². The standard InChI is InChI=1S/C16H29N3O/c1-3-16(7-8-17-12-16)15(20)19-11-14-6-4-5-9-18(14)10-13(19)2/h13-14,17H,3-12H2,1-2H3. The summed E-state index contributed by atoms with van der Waals surface area (Å²) in [6.07, 6.45) is 5.92. The second kappa shape index (κ2) is 5.64. The van der Waals surface area contributed by atoms with Crippen molar-refractivity contribution < 1.29 is 4.79 Å². The molecule has 3 aliphatic heterocycles. The fourth-order valence-corrected chi connectivity index (χ4v) is 4.32. The third-order valence-corrected chi connectivity index (χ3v) is 5.82. The molecule has 0 aromatic rings. The molecule has 3 saturated heterocycles. The van der Waals surface area contributed by atoms with Crippen molar-refractivity contribution in [1.82, 2.24) is 15.1 Å². The third kappa shape index (κ3) is 2.37. The molecule has 114 valence electrons. The summed E-state index contributed by atoms with van der Waals surface area (Å²) in [4.78, 5) is 17.9. The Morgan fingerprint density at radius 3 is 2.90 bits per heavy atom. The number of piperazine rings is 1. The normalized spacial score (nSPS) is 38.8. The predicted octanol–water partition coefficient (Wildman–Crippen LogP) is 1.46. The summed E-state index contributed by atoms with van der Waals surface area (Å²) >= 11 is 0. The highest BCUT2D eigenvalue weighted by Crippen LogP contribution is 2.34. The molecule has 4 nitrogen and oxygen atoms in total. The summed E-state index contributed by atoms with van der Waals surface area (Å²) in [5, 5.41) is 3.40. The minimum atomic E-state index is -0.120. The van der Waals surface area contributed by atoms with Crippen molar-refractivity contribution in [3.05, 3.63) is 0 Å². The van der Waals surface area contributed by atoms with Crippen LogP contribution in [0.15, 0.2) is 0 Å². The lowest BCUT2D eigenvalue weighted by molar-refractivity contribution is -0.148. The van der Waals surface area contributed by atoms with E-state index < -0.39 is 0 Å². The minimum absolute atomic E-state index is 0.120. The van der Waals surface area contributed by atoms with E-state index in [0.29, 0.717) is 18.0 Å². The molecule has 1 N–H and O–H groups in total. The molecule has 0 radical (unpaired) electrons. The Hall–Kier alpha value is -0.610. The first kappa shape index (κ1) is 14.3. The number of hydrogen-bond acceptors (Lipinski definition) is 3. The van der Waals surface area contributed by atoms with Crippen LogP contribution in [0.5, 0.6) is 0 Å². The van der Waals surface area contributed by atoms with Gasteiger partial charge in [-0.2, -0.15) is 0 Å². The monoisotopic (exact) mass is 279 g/mol. The summed E-state index contributed by atoms with van der Waals surface area (Å²) in [5.41, 5.74) is -0.120. The van der Waals surface area contributed by atoms with Gasteiger partial charge in [0.2, 0.25) is 5.91 Å². The van der Waals surface area contributed by atoms with Gasteiger partial charge in [0.15, 0.2) is 0 Å². The van der Waals surface area contributed by atoms with Crippen molar-refractivity contribution in [2.75, 3.05) is 32.7 Å². The topological polar surface area (TPSA) is 35.6 Å². The van der Waals surface area contributed by atoms with E-state index >= 15 is 0 Å². The van der Waals surface area contributed by atoms with Crippen LogP contribution in [-0.4, -0.2) is 60.5 Å². The predicted molar refractivity (Wildman–Crippen MR) is 80.6 cm³/mol. The molecule has 3 unspecified atom stereocenters. The zero-order valence-electron chi connectivity index (χ0n) is 13.0. The molecule has 4 heteroatoms. The van der Waals surface area contributed by atoms with E-state index in [1.165, 1.54) is 25.8 Å². The van der Waals surface area contributed by atoms with Crippen LogP contribution >= 0.6 is 0 Å².